The number of carbonyl (C=O) groups is 1. The number of nitrogens with zero attached hydrogens (tertiary/aromatic N) is 1. The third kappa shape index (κ3) is 3.14. The fourth-order valence-corrected chi connectivity index (χ4v) is 2.72. The van der Waals surface area contributed by atoms with Gasteiger partial charge in [-0.1, -0.05) is 24.3 Å². The van der Waals surface area contributed by atoms with Gasteiger partial charge in [0, 0.05) is 26.7 Å². The predicted molar refractivity (Wildman–Crippen MR) is 76.4 cm³/mol. The van der Waals surface area contributed by atoms with Gasteiger partial charge in [-0.3, -0.25) is 9.69 Å². The summed E-state index contributed by atoms with van der Waals surface area (Å²) in [5.74, 6) is 0.147. The maximum Gasteiger partial charge on any atom is 0.227 e. The molecule has 1 aromatic carbocycles. The van der Waals surface area contributed by atoms with E-state index in [0.717, 1.165) is 31.6 Å². The van der Waals surface area contributed by atoms with E-state index in [1.807, 2.05) is 6.92 Å². The van der Waals surface area contributed by atoms with Crippen molar-refractivity contribution in [2.24, 2.45) is 11.1 Å². The predicted octanol–water partition coefficient (Wildman–Crippen LogP) is 1.10. The zero-order valence-corrected chi connectivity index (χ0v) is 11.8. The lowest BCUT2D eigenvalue weighted by Gasteiger charge is -2.22. The highest BCUT2D eigenvalue weighted by molar-refractivity contribution is 5.82. The van der Waals surface area contributed by atoms with Crippen LogP contribution in [0.2, 0.25) is 0 Å². The maximum atomic E-state index is 11.9. The molecule has 0 spiro atoms. The van der Waals surface area contributed by atoms with Gasteiger partial charge in [0.25, 0.3) is 0 Å². The summed E-state index contributed by atoms with van der Waals surface area (Å²) >= 11 is 0. The number of hydrogen-bond acceptors (Lipinski definition) is 3. The molecule has 1 fully saturated rings. The average Bonchev–Trinajstić information content (AvgIpc) is 2.81. The second-order valence-electron chi connectivity index (χ2n) is 5.62. The Morgan fingerprint density at radius 2 is 2.00 bits per heavy atom. The van der Waals surface area contributed by atoms with Gasteiger partial charge in [-0.25, -0.2) is 0 Å². The summed E-state index contributed by atoms with van der Waals surface area (Å²) < 4.78 is 0. The van der Waals surface area contributed by atoms with Crippen LogP contribution in [0.3, 0.4) is 0 Å². The summed E-state index contributed by atoms with van der Waals surface area (Å²) in [5, 5.41) is 2.77. The Labute approximate surface area is 115 Å². The number of benzene rings is 1. The van der Waals surface area contributed by atoms with Crippen molar-refractivity contribution in [3.05, 3.63) is 35.4 Å². The van der Waals surface area contributed by atoms with Crippen molar-refractivity contribution in [1.29, 1.82) is 0 Å². The Kier molecular flexibility index (Phi) is 4.22. The highest BCUT2D eigenvalue weighted by Crippen LogP contribution is 2.30. The zero-order chi connectivity index (χ0) is 13.9. The summed E-state index contributed by atoms with van der Waals surface area (Å²) in [6, 6.07) is 8.39. The standard InChI is InChI=1S/C15H23N3O/c1-15(14(19)17-2)7-8-18(11-15)10-13-5-3-12(9-16)4-6-13/h3-6H,7-11,16H2,1-2H3,(H,17,19). The molecule has 19 heavy (non-hydrogen) atoms. The summed E-state index contributed by atoms with van der Waals surface area (Å²) in [6.07, 6.45) is 0.924. The van der Waals surface area contributed by atoms with Crippen molar-refractivity contribution in [3.8, 4) is 0 Å². The summed E-state index contributed by atoms with van der Waals surface area (Å²) in [5.41, 5.74) is 7.78. The van der Waals surface area contributed by atoms with Crippen molar-refractivity contribution in [2.45, 2.75) is 26.4 Å². The van der Waals surface area contributed by atoms with Crippen LogP contribution in [0.25, 0.3) is 0 Å². The molecule has 4 heteroatoms. The van der Waals surface area contributed by atoms with E-state index in [1.54, 1.807) is 7.05 Å². The number of hydrogen-bond donors (Lipinski definition) is 2. The van der Waals surface area contributed by atoms with E-state index in [9.17, 15) is 4.79 Å². The fourth-order valence-electron chi connectivity index (χ4n) is 2.72. The highest BCUT2D eigenvalue weighted by atomic mass is 16.2. The van der Waals surface area contributed by atoms with Crippen LogP contribution in [-0.2, 0) is 17.9 Å². The third-order valence-electron chi connectivity index (χ3n) is 3.99. The van der Waals surface area contributed by atoms with E-state index in [0.29, 0.717) is 6.54 Å². The largest absolute Gasteiger partial charge is 0.359 e. The highest BCUT2D eigenvalue weighted by Gasteiger charge is 2.39. The molecule has 1 unspecified atom stereocenters. The number of likely N-dealkylation sites (tertiary alicyclic amines) is 1. The van der Waals surface area contributed by atoms with Crippen molar-refractivity contribution in [2.75, 3.05) is 20.1 Å². The molecule has 1 aliphatic heterocycles. The molecule has 0 radical (unpaired) electrons. The maximum absolute atomic E-state index is 11.9. The van der Waals surface area contributed by atoms with Crippen LogP contribution in [0.4, 0.5) is 0 Å². The van der Waals surface area contributed by atoms with Gasteiger partial charge >= 0.3 is 0 Å². The molecule has 0 bridgehead atoms. The van der Waals surface area contributed by atoms with Gasteiger partial charge in [-0.2, -0.15) is 0 Å². The third-order valence-corrected chi connectivity index (χ3v) is 3.99. The van der Waals surface area contributed by atoms with Crippen LogP contribution >= 0.6 is 0 Å². The second kappa shape index (κ2) is 5.72. The van der Waals surface area contributed by atoms with Crippen molar-refractivity contribution in [1.82, 2.24) is 10.2 Å². The van der Waals surface area contributed by atoms with Crippen LogP contribution in [0.5, 0.6) is 0 Å². The average molecular weight is 261 g/mol. The molecule has 0 aromatic heterocycles. The van der Waals surface area contributed by atoms with Crippen molar-refractivity contribution in [3.63, 3.8) is 0 Å². The molecule has 1 atom stereocenters. The Hall–Kier alpha value is -1.39. The van der Waals surface area contributed by atoms with E-state index in [-0.39, 0.29) is 11.3 Å². The van der Waals surface area contributed by atoms with Crippen LogP contribution in [-0.4, -0.2) is 30.9 Å². The lowest BCUT2D eigenvalue weighted by molar-refractivity contribution is -0.129. The Morgan fingerprint density at radius 3 is 2.58 bits per heavy atom. The second-order valence-corrected chi connectivity index (χ2v) is 5.62. The van der Waals surface area contributed by atoms with Gasteiger partial charge < -0.3 is 11.1 Å². The van der Waals surface area contributed by atoms with Crippen LogP contribution in [0.15, 0.2) is 24.3 Å². The molecule has 0 aliphatic carbocycles. The topological polar surface area (TPSA) is 58.4 Å². The molecule has 1 amide bonds. The van der Waals surface area contributed by atoms with Gasteiger partial charge in [0.1, 0.15) is 0 Å². The molecule has 3 N–H and O–H groups in total. The first-order chi connectivity index (χ1) is 9.07. The number of amides is 1. The number of carbonyl (C=O) groups excluding carboxylic acids is 1. The smallest absolute Gasteiger partial charge is 0.227 e. The molecule has 1 aromatic rings. The first-order valence-electron chi connectivity index (χ1n) is 6.80. The summed E-state index contributed by atoms with van der Waals surface area (Å²) in [6.45, 7) is 5.33. The first kappa shape index (κ1) is 14.0. The van der Waals surface area contributed by atoms with Gasteiger partial charge in [0.15, 0.2) is 0 Å². The fraction of sp³-hybridized carbons (Fsp3) is 0.533. The monoisotopic (exact) mass is 261 g/mol. The van der Waals surface area contributed by atoms with Crippen molar-refractivity contribution >= 4 is 5.91 Å². The minimum Gasteiger partial charge on any atom is -0.359 e. The van der Waals surface area contributed by atoms with E-state index < -0.39 is 0 Å². The van der Waals surface area contributed by atoms with E-state index >= 15 is 0 Å². The van der Waals surface area contributed by atoms with E-state index in [2.05, 4.69) is 34.5 Å². The van der Waals surface area contributed by atoms with Gasteiger partial charge in [-0.15, -0.1) is 0 Å². The lowest BCUT2D eigenvalue weighted by atomic mass is 9.89. The minimum atomic E-state index is -0.244. The Balaban J connectivity index is 1.96. The van der Waals surface area contributed by atoms with Crippen LogP contribution in [0, 0.1) is 5.41 Å². The molecular formula is C15H23N3O. The summed E-state index contributed by atoms with van der Waals surface area (Å²) in [4.78, 5) is 14.2. The lowest BCUT2D eigenvalue weighted by Crippen LogP contribution is -2.39. The molecule has 2 rings (SSSR count). The van der Waals surface area contributed by atoms with Gasteiger partial charge in [0.05, 0.1) is 5.41 Å². The molecule has 1 saturated heterocycles. The molecule has 4 nitrogen and oxygen atoms in total. The number of nitrogens with one attached hydrogen (secondary N) is 1. The zero-order valence-electron chi connectivity index (χ0n) is 11.8. The molecule has 104 valence electrons. The van der Waals surface area contributed by atoms with Gasteiger partial charge in [0.2, 0.25) is 5.91 Å². The normalized spacial score (nSPS) is 23.5. The SMILES string of the molecule is CNC(=O)C1(C)CCN(Cc2ccc(CN)cc2)C1. The Bertz CT molecular complexity index is 443. The quantitative estimate of drug-likeness (QED) is 0.853. The van der Waals surface area contributed by atoms with Crippen molar-refractivity contribution < 1.29 is 4.79 Å². The molecule has 0 saturated carbocycles. The van der Waals surface area contributed by atoms with Crippen LogP contribution < -0.4 is 11.1 Å². The molecule has 1 aliphatic rings. The molecular weight excluding hydrogens is 238 g/mol. The van der Waals surface area contributed by atoms with Crippen LogP contribution in [0.1, 0.15) is 24.5 Å². The summed E-state index contributed by atoms with van der Waals surface area (Å²) in [7, 11) is 1.71. The van der Waals surface area contributed by atoms with Gasteiger partial charge in [-0.05, 0) is 31.0 Å². The number of nitrogens with two attached hydrogens (primary N) is 1. The number of rotatable bonds is 4. The first-order valence-corrected chi connectivity index (χ1v) is 6.80. The van der Waals surface area contributed by atoms with E-state index in [4.69, 9.17) is 5.73 Å². The van der Waals surface area contributed by atoms with E-state index in [1.165, 1.54) is 5.56 Å². The Morgan fingerprint density at radius 1 is 1.37 bits per heavy atom. The molecule has 1 heterocycles. The minimum absolute atomic E-state index is 0.147.